The van der Waals surface area contributed by atoms with E-state index in [-0.39, 0.29) is 22.8 Å². The van der Waals surface area contributed by atoms with Gasteiger partial charge in [-0.2, -0.15) is 27.1 Å². The Morgan fingerprint density at radius 3 is 2.48 bits per heavy atom. The lowest BCUT2D eigenvalue weighted by Gasteiger charge is -2.14. The normalized spacial score (nSPS) is 11.5. The lowest BCUT2D eigenvalue weighted by Crippen LogP contribution is -2.27. The molecule has 1 heterocycles. The van der Waals surface area contributed by atoms with Crippen LogP contribution in [0, 0.1) is 6.92 Å². The number of anilines is 1. The minimum Gasteiger partial charge on any atom is -0.435 e. The lowest BCUT2D eigenvalue weighted by atomic mass is 10.2. The smallest absolute Gasteiger partial charge is 0.416 e. The molecular formula is C20H14F5N3O3. The number of hydrogen-bond donors (Lipinski definition) is 1. The molecule has 3 rings (SSSR count). The van der Waals surface area contributed by atoms with Gasteiger partial charge in [0.2, 0.25) is 5.43 Å². The molecule has 31 heavy (non-hydrogen) atoms. The van der Waals surface area contributed by atoms with Crippen molar-refractivity contribution in [1.29, 1.82) is 0 Å². The van der Waals surface area contributed by atoms with Crippen LogP contribution in [0.25, 0.3) is 5.69 Å². The van der Waals surface area contributed by atoms with Gasteiger partial charge in [-0.3, -0.25) is 9.59 Å². The quantitative estimate of drug-likeness (QED) is 0.598. The maximum atomic E-state index is 13.0. The van der Waals surface area contributed by atoms with Gasteiger partial charge < -0.3 is 10.1 Å². The summed E-state index contributed by atoms with van der Waals surface area (Å²) in [5, 5.41) is 6.23. The van der Waals surface area contributed by atoms with Crippen LogP contribution >= 0.6 is 0 Å². The third-order valence-corrected chi connectivity index (χ3v) is 4.06. The molecule has 1 amide bonds. The largest absolute Gasteiger partial charge is 0.435 e. The van der Waals surface area contributed by atoms with Gasteiger partial charge in [-0.1, -0.05) is 12.1 Å². The summed E-state index contributed by atoms with van der Waals surface area (Å²) < 4.78 is 69.0. The molecule has 3 aromatic rings. The van der Waals surface area contributed by atoms with E-state index in [9.17, 15) is 31.5 Å². The van der Waals surface area contributed by atoms with Gasteiger partial charge in [0, 0.05) is 23.5 Å². The second kappa shape index (κ2) is 8.54. The van der Waals surface area contributed by atoms with Crippen molar-refractivity contribution in [2.75, 3.05) is 5.32 Å². The van der Waals surface area contributed by atoms with Gasteiger partial charge >= 0.3 is 12.8 Å². The van der Waals surface area contributed by atoms with E-state index in [2.05, 4.69) is 15.2 Å². The summed E-state index contributed by atoms with van der Waals surface area (Å²) in [5.41, 5.74) is -2.04. The molecule has 0 saturated carbocycles. The molecule has 2 aromatic carbocycles. The van der Waals surface area contributed by atoms with Crippen LogP contribution in [-0.4, -0.2) is 22.3 Å². The van der Waals surface area contributed by atoms with E-state index >= 15 is 0 Å². The first-order chi connectivity index (χ1) is 14.5. The molecule has 0 unspecified atom stereocenters. The zero-order chi connectivity index (χ0) is 22.8. The van der Waals surface area contributed by atoms with Crippen LogP contribution in [0.3, 0.4) is 0 Å². The molecule has 1 N–H and O–H groups in total. The van der Waals surface area contributed by atoms with Crippen LogP contribution in [0.2, 0.25) is 0 Å². The first-order valence-electron chi connectivity index (χ1n) is 8.69. The summed E-state index contributed by atoms with van der Waals surface area (Å²) >= 11 is 0. The number of aromatic nitrogens is 2. The minimum atomic E-state index is -4.59. The monoisotopic (exact) mass is 439 g/mol. The van der Waals surface area contributed by atoms with Crippen molar-refractivity contribution >= 4 is 11.6 Å². The van der Waals surface area contributed by atoms with Crippen LogP contribution in [0.1, 0.15) is 21.7 Å². The van der Waals surface area contributed by atoms with Gasteiger partial charge in [0.05, 0.1) is 11.3 Å². The summed E-state index contributed by atoms with van der Waals surface area (Å²) in [6, 6.07) is 10.3. The standard InChI is InChI=1S/C20H14F5N3O3/c1-11-8-16(29)17(18(30)26-13-5-3-7-15(10-13)31-19(21)22)27-28(11)14-6-2-4-12(9-14)20(23,24)25/h2-10,19H,1H3,(H,26,30). The molecule has 11 heteroatoms. The summed E-state index contributed by atoms with van der Waals surface area (Å²) in [6.07, 6.45) is -4.59. The number of amides is 1. The van der Waals surface area contributed by atoms with Crippen molar-refractivity contribution in [1.82, 2.24) is 9.78 Å². The number of rotatable bonds is 5. The molecule has 0 saturated heterocycles. The van der Waals surface area contributed by atoms with Crippen molar-refractivity contribution in [3.05, 3.63) is 81.8 Å². The van der Waals surface area contributed by atoms with Crippen molar-refractivity contribution in [3.8, 4) is 11.4 Å². The average Bonchev–Trinajstić information content (AvgIpc) is 2.67. The SMILES string of the molecule is Cc1cc(=O)c(C(=O)Nc2cccc(OC(F)F)c2)nn1-c1cccc(C(F)(F)F)c1. The zero-order valence-corrected chi connectivity index (χ0v) is 15.8. The van der Waals surface area contributed by atoms with Crippen molar-refractivity contribution in [3.63, 3.8) is 0 Å². The molecule has 0 atom stereocenters. The van der Waals surface area contributed by atoms with E-state index in [0.29, 0.717) is 0 Å². The minimum absolute atomic E-state index is 0.00583. The Morgan fingerprint density at radius 2 is 1.81 bits per heavy atom. The maximum absolute atomic E-state index is 13.0. The van der Waals surface area contributed by atoms with Gasteiger partial charge in [-0.15, -0.1) is 0 Å². The fourth-order valence-electron chi connectivity index (χ4n) is 2.72. The van der Waals surface area contributed by atoms with E-state index in [1.54, 1.807) is 0 Å². The number of alkyl halides is 5. The van der Waals surface area contributed by atoms with E-state index in [4.69, 9.17) is 0 Å². The lowest BCUT2D eigenvalue weighted by molar-refractivity contribution is -0.137. The molecule has 0 aliphatic carbocycles. The fraction of sp³-hybridized carbons (Fsp3) is 0.150. The molecule has 0 bridgehead atoms. The number of aryl methyl sites for hydroxylation is 1. The highest BCUT2D eigenvalue weighted by Crippen LogP contribution is 2.30. The number of carbonyl (C=O) groups excluding carboxylic acids is 1. The van der Waals surface area contributed by atoms with Crippen LogP contribution in [0.4, 0.5) is 27.6 Å². The highest BCUT2D eigenvalue weighted by molar-refractivity contribution is 6.02. The van der Waals surface area contributed by atoms with E-state index in [0.717, 1.165) is 28.9 Å². The first kappa shape index (κ1) is 21.9. The van der Waals surface area contributed by atoms with Gasteiger partial charge in [0.15, 0.2) is 5.69 Å². The molecule has 0 spiro atoms. The number of ether oxygens (including phenoxy) is 1. The van der Waals surface area contributed by atoms with Crippen molar-refractivity contribution < 1.29 is 31.5 Å². The second-order valence-electron chi connectivity index (χ2n) is 6.32. The number of halogens is 5. The van der Waals surface area contributed by atoms with Crippen LogP contribution in [0.5, 0.6) is 5.75 Å². The molecule has 6 nitrogen and oxygen atoms in total. The molecule has 0 aliphatic rings. The predicted octanol–water partition coefficient (Wildman–Crippen LogP) is 4.41. The molecule has 0 radical (unpaired) electrons. The third kappa shape index (κ3) is 5.24. The average molecular weight is 439 g/mol. The maximum Gasteiger partial charge on any atom is 0.416 e. The first-order valence-corrected chi connectivity index (χ1v) is 8.69. The van der Waals surface area contributed by atoms with E-state index in [1.807, 2.05) is 0 Å². The van der Waals surface area contributed by atoms with Crippen LogP contribution in [-0.2, 0) is 6.18 Å². The van der Waals surface area contributed by atoms with Crippen molar-refractivity contribution in [2.45, 2.75) is 19.7 Å². The second-order valence-corrected chi connectivity index (χ2v) is 6.32. The Labute approximate surface area is 171 Å². The Morgan fingerprint density at radius 1 is 1.10 bits per heavy atom. The van der Waals surface area contributed by atoms with Crippen molar-refractivity contribution in [2.24, 2.45) is 0 Å². The third-order valence-electron chi connectivity index (χ3n) is 4.06. The van der Waals surface area contributed by atoms with Gasteiger partial charge in [-0.25, -0.2) is 4.68 Å². The van der Waals surface area contributed by atoms with Crippen LogP contribution in [0.15, 0.2) is 59.4 Å². The molecule has 0 fully saturated rings. The highest BCUT2D eigenvalue weighted by atomic mass is 19.4. The number of nitrogens with zero attached hydrogens (tertiary/aromatic N) is 2. The fourth-order valence-corrected chi connectivity index (χ4v) is 2.72. The Hall–Kier alpha value is -3.76. The topological polar surface area (TPSA) is 73.2 Å². The predicted molar refractivity (Wildman–Crippen MR) is 101 cm³/mol. The highest BCUT2D eigenvalue weighted by Gasteiger charge is 2.30. The van der Waals surface area contributed by atoms with Crippen LogP contribution < -0.4 is 15.5 Å². The Balaban J connectivity index is 1.95. The number of hydrogen-bond acceptors (Lipinski definition) is 4. The van der Waals surface area contributed by atoms with E-state index in [1.165, 1.54) is 37.3 Å². The van der Waals surface area contributed by atoms with Gasteiger partial charge in [0.25, 0.3) is 5.91 Å². The molecule has 0 aliphatic heterocycles. The molecule has 1 aromatic heterocycles. The van der Waals surface area contributed by atoms with Gasteiger partial charge in [-0.05, 0) is 37.3 Å². The number of nitrogens with one attached hydrogen (secondary N) is 1. The van der Waals surface area contributed by atoms with E-state index < -0.39 is 35.4 Å². The molecular weight excluding hydrogens is 425 g/mol. The molecule has 162 valence electrons. The number of benzene rings is 2. The summed E-state index contributed by atoms with van der Waals surface area (Å²) in [4.78, 5) is 24.8. The Bertz CT molecular complexity index is 1180. The number of carbonyl (C=O) groups is 1. The summed E-state index contributed by atoms with van der Waals surface area (Å²) in [7, 11) is 0. The zero-order valence-electron chi connectivity index (χ0n) is 15.8. The summed E-state index contributed by atoms with van der Waals surface area (Å²) in [5.74, 6) is -1.19. The summed E-state index contributed by atoms with van der Waals surface area (Å²) in [6.45, 7) is -1.62. The Kier molecular flexibility index (Phi) is 6.04. The van der Waals surface area contributed by atoms with Gasteiger partial charge in [0.1, 0.15) is 5.75 Å².